The summed E-state index contributed by atoms with van der Waals surface area (Å²) in [5.41, 5.74) is 22.7. The highest BCUT2D eigenvalue weighted by atomic mass is 127. The van der Waals surface area contributed by atoms with Crippen molar-refractivity contribution in [2.24, 2.45) is 11.8 Å². The molecule has 8 rings (SSSR count). The van der Waals surface area contributed by atoms with Gasteiger partial charge < -0.3 is 41.7 Å². The predicted octanol–water partition coefficient (Wildman–Crippen LogP) is 5.46. The van der Waals surface area contributed by atoms with Gasteiger partial charge in [0, 0.05) is 104 Å². The van der Waals surface area contributed by atoms with Crippen molar-refractivity contribution in [1.82, 2.24) is 30.2 Å². The van der Waals surface area contributed by atoms with Crippen molar-refractivity contribution in [3.05, 3.63) is 155 Å². The molecule has 0 saturated carbocycles. The van der Waals surface area contributed by atoms with E-state index >= 15 is 0 Å². The number of amides is 4. The Bertz CT molecular complexity index is 2580. The number of benzene rings is 4. The molecule has 6 N–H and O–H groups in total. The monoisotopic (exact) mass is 979 g/mol. The summed E-state index contributed by atoms with van der Waals surface area (Å²) in [7, 11) is 0. The molecule has 64 heavy (non-hydrogen) atoms. The number of non-ortho nitro benzene ring substituents is 1. The van der Waals surface area contributed by atoms with Gasteiger partial charge in [-0.1, -0.05) is 47.5 Å². The maximum atomic E-state index is 12.7. The average Bonchev–Trinajstić information content (AvgIpc) is 4.03. The normalized spacial score (nSPS) is 17.3. The van der Waals surface area contributed by atoms with Crippen LogP contribution in [-0.4, -0.2) is 101 Å². The Morgan fingerprint density at radius 2 is 1.11 bits per heavy atom. The highest BCUT2D eigenvalue weighted by Gasteiger charge is 2.37. The number of halogens is 1. The van der Waals surface area contributed by atoms with E-state index in [4.69, 9.17) is 11.5 Å². The van der Waals surface area contributed by atoms with Gasteiger partial charge in [0.05, 0.1) is 29.1 Å². The Balaban J connectivity index is 0.000000192. The van der Waals surface area contributed by atoms with Gasteiger partial charge in [-0.05, 0) is 108 Å². The maximum absolute atomic E-state index is 12.7. The molecule has 2 atom stereocenters. The third kappa shape index (κ3) is 10.8. The van der Waals surface area contributed by atoms with Gasteiger partial charge in [-0.15, -0.1) is 0 Å². The predicted molar refractivity (Wildman–Crippen MR) is 255 cm³/mol. The zero-order valence-corrected chi connectivity index (χ0v) is 38.7. The molecule has 0 spiro atoms. The first-order chi connectivity index (χ1) is 30.5. The third-order valence-corrected chi connectivity index (χ3v) is 13.0. The Kier molecular flexibility index (Phi) is 13.9. The van der Waals surface area contributed by atoms with Crippen molar-refractivity contribution >= 4 is 63.3 Å². The summed E-state index contributed by atoms with van der Waals surface area (Å²) in [5, 5.41) is 16.2. The molecule has 4 aromatic rings. The number of nitrogen functional groups attached to an aromatic ring is 2. The Hall–Kier alpha value is -6.43. The lowest BCUT2D eigenvalue weighted by Gasteiger charge is -2.22. The van der Waals surface area contributed by atoms with E-state index in [-0.39, 0.29) is 47.7 Å². The number of aryl methyl sites for hydroxylation is 4. The van der Waals surface area contributed by atoms with Gasteiger partial charge >= 0.3 is 0 Å². The van der Waals surface area contributed by atoms with Crippen LogP contribution in [0.3, 0.4) is 0 Å². The number of nitro groups is 1. The number of carbonyl (C=O) groups is 4. The lowest BCUT2D eigenvalue weighted by Crippen LogP contribution is -2.40. The fraction of sp³-hybridized carbons (Fsp3) is 0.333. The van der Waals surface area contributed by atoms with Crippen LogP contribution in [0.1, 0.15) is 54.1 Å². The zero-order chi connectivity index (χ0) is 45.8. The van der Waals surface area contributed by atoms with Gasteiger partial charge in [0.2, 0.25) is 11.8 Å². The van der Waals surface area contributed by atoms with Crippen LogP contribution in [0, 0.1) is 53.2 Å². The van der Waals surface area contributed by atoms with Crippen LogP contribution in [0.15, 0.2) is 96.3 Å². The number of likely N-dealkylation sites (tertiary alicyclic amines) is 2. The molecule has 0 radical (unpaired) electrons. The summed E-state index contributed by atoms with van der Waals surface area (Å²) in [4.78, 5) is 68.7. The van der Waals surface area contributed by atoms with Crippen LogP contribution in [0.2, 0.25) is 0 Å². The molecule has 15 nitrogen and oxygen atoms in total. The summed E-state index contributed by atoms with van der Waals surface area (Å²) in [6.07, 6.45) is 4.36. The fourth-order valence-electron chi connectivity index (χ4n) is 8.77. The van der Waals surface area contributed by atoms with Crippen molar-refractivity contribution in [3.63, 3.8) is 0 Å². The van der Waals surface area contributed by atoms with E-state index in [2.05, 4.69) is 120 Å². The minimum atomic E-state index is -0.609. The first-order valence-corrected chi connectivity index (χ1v) is 22.3. The Labute approximate surface area is 386 Å². The second-order valence-electron chi connectivity index (χ2n) is 17.2. The molecule has 334 valence electrons. The van der Waals surface area contributed by atoms with Crippen LogP contribution < -0.4 is 22.1 Å². The first kappa shape index (κ1) is 45.6. The molecule has 0 bridgehead atoms. The van der Waals surface area contributed by atoms with Crippen molar-refractivity contribution in [1.29, 1.82) is 0 Å². The molecule has 0 aromatic heterocycles. The van der Waals surface area contributed by atoms with Gasteiger partial charge in [0.25, 0.3) is 17.5 Å². The SMILES string of the molecule is Cc1ccc(CN2C=C3CN(C(=O)CNC(=O)c4cc(I)ccc4N)CC3C2)c(C)c1.Cc1ccc(CN2C=C3CN(C(=O)CNC(=O)c4cc([N+](=O)[O-])ccc4N)CC3C2)c(C)c1. The number of nitrogens with one attached hydrogen (secondary N) is 2. The number of anilines is 2. The van der Waals surface area contributed by atoms with Gasteiger partial charge in [-0.25, -0.2) is 0 Å². The molecule has 4 heterocycles. The summed E-state index contributed by atoms with van der Waals surface area (Å²) < 4.78 is 0.924. The van der Waals surface area contributed by atoms with Crippen molar-refractivity contribution in [3.8, 4) is 0 Å². The molecule has 4 aliphatic heterocycles. The van der Waals surface area contributed by atoms with Gasteiger partial charge in [-0.2, -0.15) is 0 Å². The third-order valence-electron chi connectivity index (χ3n) is 12.3. The second kappa shape index (κ2) is 19.5. The average molecular weight is 980 g/mol. The van der Waals surface area contributed by atoms with E-state index in [1.165, 1.54) is 56.7 Å². The highest BCUT2D eigenvalue weighted by Crippen LogP contribution is 2.32. The van der Waals surface area contributed by atoms with E-state index in [1.807, 2.05) is 11.0 Å². The van der Waals surface area contributed by atoms with E-state index in [9.17, 15) is 29.3 Å². The summed E-state index contributed by atoms with van der Waals surface area (Å²) in [6.45, 7) is 14.3. The number of rotatable bonds is 11. The molecular formula is C48H54IN9O6. The molecular weight excluding hydrogens is 925 g/mol. The van der Waals surface area contributed by atoms with Crippen LogP contribution in [-0.2, 0) is 22.7 Å². The Morgan fingerprint density at radius 1 is 0.656 bits per heavy atom. The smallest absolute Gasteiger partial charge is 0.270 e. The molecule has 2 unspecified atom stereocenters. The summed E-state index contributed by atoms with van der Waals surface area (Å²) in [5.74, 6) is -0.512. The topological polar surface area (TPSA) is 200 Å². The zero-order valence-electron chi connectivity index (χ0n) is 36.5. The minimum absolute atomic E-state index is 0.0139. The number of hydrogen-bond donors (Lipinski definition) is 4. The number of fused-ring (bicyclic) bond motifs is 2. The maximum Gasteiger partial charge on any atom is 0.270 e. The first-order valence-electron chi connectivity index (χ1n) is 21.2. The molecule has 0 aliphatic carbocycles. The largest absolute Gasteiger partial charge is 0.398 e. The van der Waals surface area contributed by atoms with Crippen molar-refractivity contribution in [2.75, 3.05) is 63.8 Å². The van der Waals surface area contributed by atoms with E-state index in [0.717, 1.165) is 35.8 Å². The van der Waals surface area contributed by atoms with Crippen LogP contribution >= 0.6 is 22.6 Å². The number of nitrogens with two attached hydrogens (primary N) is 2. The number of hydrogen-bond acceptors (Lipinski definition) is 10. The molecule has 4 aromatic carbocycles. The van der Waals surface area contributed by atoms with E-state index in [0.29, 0.717) is 49.3 Å². The lowest BCUT2D eigenvalue weighted by atomic mass is 10.1. The number of nitro benzene ring substituents is 1. The summed E-state index contributed by atoms with van der Waals surface area (Å²) >= 11 is 2.13. The molecule has 4 aliphatic rings. The number of carbonyl (C=O) groups excluding carboxylic acids is 4. The standard InChI is InChI=1S/C24H27IN4O2.C24H27N5O4/c1-15-3-4-17(16(2)7-15)10-28-11-18-13-29(14-19(18)12-28)23(30)9-27-24(31)21-8-20(25)5-6-22(21)26;1-15-3-4-17(16(2)7-15)10-27-11-18-13-28(14-19(18)12-27)23(30)9-26-24(31)21-8-20(29(32)33)5-6-22(21)25/h3-8,11,19H,9-10,12-14,26H2,1-2H3,(H,27,31);3-8,11,19H,9-10,12-14,25H2,1-2H3,(H,26,31). The van der Waals surface area contributed by atoms with Crippen LogP contribution in [0.25, 0.3) is 0 Å². The second-order valence-corrected chi connectivity index (χ2v) is 18.4. The summed E-state index contributed by atoms with van der Waals surface area (Å²) in [6, 6.07) is 22.0. The molecule has 2 fully saturated rings. The highest BCUT2D eigenvalue weighted by molar-refractivity contribution is 14.1. The lowest BCUT2D eigenvalue weighted by molar-refractivity contribution is -0.384. The van der Waals surface area contributed by atoms with E-state index in [1.54, 1.807) is 17.0 Å². The van der Waals surface area contributed by atoms with Gasteiger partial charge in [0.1, 0.15) is 0 Å². The molecule has 16 heteroatoms. The van der Waals surface area contributed by atoms with Gasteiger partial charge in [0.15, 0.2) is 0 Å². The number of nitrogens with zero attached hydrogens (tertiary/aromatic N) is 5. The van der Waals surface area contributed by atoms with E-state index < -0.39 is 10.8 Å². The van der Waals surface area contributed by atoms with Crippen molar-refractivity contribution in [2.45, 2.75) is 40.8 Å². The molecule has 4 amide bonds. The van der Waals surface area contributed by atoms with Crippen molar-refractivity contribution < 1.29 is 24.1 Å². The molecule has 2 saturated heterocycles. The fourth-order valence-corrected chi connectivity index (χ4v) is 9.26. The quantitative estimate of drug-likeness (QED) is 0.0648. The Morgan fingerprint density at radius 3 is 1.55 bits per heavy atom. The van der Waals surface area contributed by atoms with Crippen LogP contribution in [0.4, 0.5) is 17.1 Å². The van der Waals surface area contributed by atoms with Gasteiger partial charge in [-0.3, -0.25) is 29.3 Å². The van der Waals surface area contributed by atoms with Crippen LogP contribution in [0.5, 0.6) is 0 Å². The minimum Gasteiger partial charge on any atom is -0.398 e.